The highest BCUT2D eigenvalue weighted by atomic mass is 32.2. The van der Waals surface area contributed by atoms with Gasteiger partial charge in [0.15, 0.2) is 0 Å². The molecule has 1 aromatic rings. The van der Waals surface area contributed by atoms with Gasteiger partial charge in [-0.1, -0.05) is 6.92 Å². The topological polar surface area (TPSA) is 103 Å². The van der Waals surface area contributed by atoms with Gasteiger partial charge < -0.3 is 5.11 Å². The van der Waals surface area contributed by atoms with Crippen molar-refractivity contribution in [2.45, 2.75) is 88.4 Å². The smallest absolute Gasteiger partial charge is 0.124 e. The van der Waals surface area contributed by atoms with Crippen molar-refractivity contribution >= 4 is 9.73 Å². The molecule has 4 aliphatic carbocycles. The molecular formula is C24H36N4O2S. The van der Waals surface area contributed by atoms with Crippen LogP contribution >= 0.6 is 0 Å². The van der Waals surface area contributed by atoms with Crippen molar-refractivity contribution in [3.63, 3.8) is 0 Å². The van der Waals surface area contributed by atoms with Gasteiger partial charge in [0.05, 0.1) is 32.3 Å². The van der Waals surface area contributed by atoms with E-state index in [9.17, 15) is 9.32 Å². The van der Waals surface area contributed by atoms with E-state index in [1.54, 1.807) is 6.20 Å². The molecule has 170 valence electrons. The molecule has 0 amide bonds. The van der Waals surface area contributed by atoms with E-state index < -0.39 is 15.3 Å². The maximum Gasteiger partial charge on any atom is 0.124 e. The highest BCUT2D eigenvalue weighted by Crippen LogP contribution is 2.64. The summed E-state index contributed by atoms with van der Waals surface area (Å²) in [5.41, 5.74) is -0.0582. The zero-order valence-corrected chi connectivity index (χ0v) is 19.6. The molecule has 0 aliphatic heterocycles. The Kier molecular flexibility index (Phi) is 5.06. The van der Waals surface area contributed by atoms with E-state index >= 15 is 0 Å². The van der Waals surface area contributed by atoms with Gasteiger partial charge in [-0.2, -0.15) is 10.4 Å². The summed E-state index contributed by atoms with van der Waals surface area (Å²) < 4.78 is 24.1. The number of hydrogen-bond donors (Lipinski definition) is 2. The molecule has 2 N–H and O–H groups in total. The van der Waals surface area contributed by atoms with E-state index in [1.165, 1.54) is 30.1 Å². The van der Waals surface area contributed by atoms with E-state index in [1.807, 2.05) is 6.92 Å². The Morgan fingerprint density at radius 3 is 2.71 bits per heavy atom. The van der Waals surface area contributed by atoms with Crippen LogP contribution in [0, 0.1) is 51.1 Å². The lowest BCUT2D eigenvalue weighted by atomic mass is 9.50. The van der Waals surface area contributed by atoms with Gasteiger partial charge in [-0.3, -0.25) is 9.46 Å². The van der Waals surface area contributed by atoms with Gasteiger partial charge in [0.25, 0.3) is 0 Å². The molecule has 0 aromatic carbocycles. The fourth-order valence-corrected chi connectivity index (χ4v) is 10.8. The average Bonchev–Trinajstić information content (AvgIpc) is 3.30. The molecule has 4 saturated carbocycles. The van der Waals surface area contributed by atoms with Crippen molar-refractivity contribution in [3.05, 3.63) is 18.0 Å². The number of rotatable bonds is 3. The zero-order chi connectivity index (χ0) is 22.0. The quantitative estimate of drug-likeness (QED) is 0.715. The Labute approximate surface area is 186 Å². The van der Waals surface area contributed by atoms with Crippen LogP contribution in [0.15, 0.2) is 12.4 Å². The first-order valence-corrected chi connectivity index (χ1v) is 13.8. The normalized spacial score (nSPS) is 46.3. The van der Waals surface area contributed by atoms with E-state index in [0.29, 0.717) is 23.3 Å². The fraction of sp³-hybridized carbons (Fsp3) is 0.833. The number of nitriles is 1. The number of nitrogens with one attached hydrogen (secondary N) is 1. The van der Waals surface area contributed by atoms with Crippen LogP contribution in [0.1, 0.15) is 77.2 Å². The van der Waals surface area contributed by atoms with Gasteiger partial charge in [-0.15, -0.1) is 0 Å². The lowest BCUT2D eigenvalue weighted by Crippen LogP contribution is -2.52. The summed E-state index contributed by atoms with van der Waals surface area (Å²) in [5, 5.41) is 23.7. The number of fused-ring (bicyclic) bond motifs is 5. The number of nitrogens with zero attached hydrogens (tertiary/aromatic N) is 3. The van der Waals surface area contributed by atoms with Crippen molar-refractivity contribution in [1.29, 1.82) is 10.0 Å². The molecule has 0 saturated heterocycles. The Hall–Kier alpha value is -1.39. The van der Waals surface area contributed by atoms with Gasteiger partial charge in [-0.25, -0.2) is 4.21 Å². The largest absolute Gasteiger partial charge is 0.390 e. The summed E-state index contributed by atoms with van der Waals surface area (Å²) in [5.74, 6) is 3.52. The SMILES string of the molecule is C[C@@]1(O)CC[C@H]2[C@H](CC[C@@H]3[C@@H]2CC[C@@]2(C)[C@H]3CC[C@@H]2S(=N)(=O)Cn2cc(C#N)cn2)C1. The molecule has 4 fully saturated rings. The van der Waals surface area contributed by atoms with Crippen LogP contribution in [-0.4, -0.2) is 29.9 Å². The summed E-state index contributed by atoms with van der Waals surface area (Å²) in [4.78, 5) is 0. The van der Waals surface area contributed by atoms with E-state index in [2.05, 4.69) is 18.1 Å². The Morgan fingerprint density at radius 2 is 1.97 bits per heavy atom. The Bertz CT molecular complexity index is 993. The minimum Gasteiger partial charge on any atom is -0.390 e. The van der Waals surface area contributed by atoms with Crippen LogP contribution in [0.25, 0.3) is 0 Å². The second kappa shape index (κ2) is 7.31. The predicted molar refractivity (Wildman–Crippen MR) is 119 cm³/mol. The van der Waals surface area contributed by atoms with E-state index in [4.69, 9.17) is 10.0 Å². The van der Waals surface area contributed by atoms with E-state index in [-0.39, 0.29) is 16.5 Å². The van der Waals surface area contributed by atoms with Gasteiger partial charge in [0, 0.05) is 6.20 Å². The summed E-state index contributed by atoms with van der Waals surface area (Å²) in [7, 11) is -2.86. The van der Waals surface area contributed by atoms with Crippen LogP contribution in [-0.2, 0) is 15.6 Å². The van der Waals surface area contributed by atoms with Crippen molar-refractivity contribution < 1.29 is 9.32 Å². The first-order valence-electron chi connectivity index (χ1n) is 12.0. The number of aliphatic hydroxyl groups is 1. The van der Waals surface area contributed by atoms with Crippen molar-refractivity contribution in [1.82, 2.24) is 9.78 Å². The number of hydrogen-bond acceptors (Lipinski definition) is 5. The lowest BCUT2D eigenvalue weighted by Gasteiger charge is -2.57. The molecule has 7 heteroatoms. The monoisotopic (exact) mass is 444 g/mol. The number of aromatic nitrogens is 2. The summed E-state index contributed by atoms with van der Waals surface area (Å²) in [6, 6.07) is 2.06. The third-order valence-electron chi connectivity index (χ3n) is 9.70. The van der Waals surface area contributed by atoms with Gasteiger partial charge in [0.2, 0.25) is 0 Å². The minimum absolute atomic E-state index is 0.0296. The summed E-state index contributed by atoms with van der Waals surface area (Å²) >= 11 is 0. The van der Waals surface area contributed by atoms with Gasteiger partial charge in [0.1, 0.15) is 11.9 Å². The molecule has 1 unspecified atom stereocenters. The second-order valence-electron chi connectivity index (χ2n) is 11.5. The molecule has 0 bridgehead atoms. The molecule has 4 aliphatic rings. The van der Waals surface area contributed by atoms with Crippen molar-refractivity contribution in [2.75, 3.05) is 0 Å². The molecule has 31 heavy (non-hydrogen) atoms. The first kappa shape index (κ1) is 21.5. The van der Waals surface area contributed by atoms with Crippen molar-refractivity contribution in [3.8, 4) is 6.07 Å². The molecule has 0 spiro atoms. The Balaban J connectivity index is 1.35. The molecule has 1 aromatic heterocycles. The van der Waals surface area contributed by atoms with Gasteiger partial charge in [-0.05, 0) is 99.7 Å². The third kappa shape index (κ3) is 3.54. The second-order valence-corrected chi connectivity index (χ2v) is 13.8. The molecule has 9 atom stereocenters. The Morgan fingerprint density at radius 1 is 1.19 bits per heavy atom. The van der Waals surface area contributed by atoms with Crippen LogP contribution in [0.2, 0.25) is 0 Å². The highest BCUT2D eigenvalue weighted by molar-refractivity contribution is 7.92. The van der Waals surface area contributed by atoms with Crippen LogP contribution in [0.4, 0.5) is 0 Å². The van der Waals surface area contributed by atoms with Crippen LogP contribution < -0.4 is 0 Å². The molecule has 5 rings (SSSR count). The van der Waals surface area contributed by atoms with Gasteiger partial charge >= 0.3 is 0 Å². The predicted octanol–water partition coefficient (Wildman–Crippen LogP) is 4.53. The summed E-state index contributed by atoms with van der Waals surface area (Å²) in [6.45, 7) is 4.33. The van der Waals surface area contributed by atoms with Crippen molar-refractivity contribution in [2.24, 2.45) is 35.0 Å². The maximum absolute atomic E-state index is 13.7. The fourth-order valence-electron chi connectivity index (χ4n) is 8.44. The maximum atomic E-state index is 13.7. The molecule has 1 heterocycles. The zero-order valence-electron chi connectivity index (χ0n) is 18.8. The third-order valence-corrected chi connectivity index (χ3v) is 12.0. The summed E-state index contributed by atoms with van der Waals surface area (Å²) in [6.07, 6.45) is 12.8. The first-order chi connectivity index (χ1) is 14.6. The lowest BCUT2D eigenvalue weighted by molar-refractivity contribution is -0.0934. The molecule has 0 radical (unpaired) electrons. The minimum atomic E-state index is -2.86. The van der Waals surface area contributed by atoms with Crippen LogP contribution in [0.3, 0.4) is 0 Å². The standard InChI is InChI=1S/C24H36N4O2S/c1-23(29)9-7-18-17(11-23)3-4-20-19(18)8-10-24(2)21(20)5-6-22(24)31(26,30)15-28-14-16(12-25)13-27-28/h13-14,17-22,26,29H,3-11,15H2,1-2H3/t17-,18+,19-,20-,21+,22+,23-,24+,31?/m1/s1. The van der Waals surface area contributed by atoms with Crippen LogP contribution in [0.5, 0.6) is 0 Å². The highest BCUT2D eigenvalue weighted by Gasteiger charge is 2.59. The molecule has 6 nitrogen and oxygen atoms in total. The molecular weight excluding hydrogens is 408 g/mol. The van der Waals surface area contributed by atoms with E-state index in [0.717, 1.165) is 50.4 Å². The average molecular weight is 445 g/mol.